The zero-order chi connectivity index (χ0) is 92.0. The number of aliphatic carboxylic acids is 1. The molecule has 17 amide bonds. The van der Waals surface area contributed by atoms with Crippen LogP contribution in [0.4, 0.5) is 0 Å². The van der Waals surface area contributed by atoms with E-state index in [-0.39, 0.29) is 107 Å². The average Bonchev–Trinajstić information content (AvgIpc) is 1.60. The summed E-state index contributed by atoms with van der Waals surface area (Å²) in [6.07, 6.45) is 3.16. The monoisotopic (exact) mass is 1750 g/mol. The Morgan fingerprint density at radius 3 is 1.35 bits per heavy atom. The topological polar surface area (TPSA) is 727 Å². The summed E-state index contributed by atoms with van der Waals surface area (Å²) in [7, 11) is 0. The number of carboxylic acids is 1. The molecule has 0 spiro atoms. The summed E-state index contributed by atoms with van der Waals surface area (Å²) < 4.78 is 0. The van der Waals surface area contributed by atoms with Crippen LogP contribution in [0.3, 0.4) is 0 Å². The van der Waals surface area contributed by atoms with Gasteiger partial charge in [0.1, 0.15) is 60.4 Å². The number of hydrogen-bond acceptors (Lipinski definition) is 22. The van der Waals surface area contributed by atoms with Crippen molar-refractivity contribution in [3.63, 3.8) is 0 Å². The second kappa shape index (κ2) is 51.9. The lowest BCUT2D eigenvalue weighted by atomic mass is 9.97. The third-order valence-electron chi connectivity index (χ3n) is 21.8. The van der Waals surface area contributed by atoms with Crippen LogP contribution in [0.15, 0.2) is 40.3 Å². The highest BCUT2D eigenvalue weighted by atomic mass is 16.4. The molecule has 44 heteroatoms. The molecule has 0 aromatic heterocycles. The van der Waals surface area contributed by atoms with Gasteiger partial charge in [0.05, 0.1) is 49.1 Å². The van der Waals surface area contributed by atoms with Gasteiger partial charge in [-0.2, -0.15) is 0 Å². The summed E-state index contributed by atoms with van der Waals surface area (Å²) in [5, 5.41) is 52.8. The predicted octanol–water partition coefficient (Wildman–Crippen LogP) is -7.02. The van der Waals surface area contributed by atoms with Crippen LogP contribution in [0, 0.1) is 35.5 Å². The number of primary amides is 2. The van der Waals surface area contributed by atoms with E-state index in [1.165, 1.54) is 20.8 Å². The largest absolute Gasteiger partial charge is 0.481 e. The first-order valence-corrected chi connectivity index (χ1v) is 42.5. The predicted molar refractivity (Wildman–Crippen MR) is 452 cm³/mol. The van der Waals surface area contributed by atoms with Gasteiger partial charge in [-0.05, 0) is 134 Å². The molecule has 0 unspecified atom stereocenters. The molecule has 1 aliphatic heterocycles. The van der Waals surface area contributed by atoms with Crippen LogP contribution in [0.25, 0.3) is 0 Å². The van der Waals surface area contributed by atoms with Gasteiger partial charge in [0.15, 0.2) is 11.9 Å². The fraction of sp³-hybridized carbons (Fsp3) is 0.675. The van der Waals surface area contributed by atoms with Gasteiger partial charge in [0.25, 0.3) is 0 Å². The Kier molecular flexibility index (Phi) is 43.0. The van der Waals surface area contributed by atoms with Crippen molar-refractivity contribution in [3.8, 4) is 0 Å². The van der Waals surface area contributed by atoms with Crippen LogP contribution < -0.4 is 125 Å². The van der Waals surface area contributed by atoms with Crippen LogP contribution in [-0.4, -0.2) is 247 Å². The number of rotatable bonds is 52. The van der Waals surface area contributed by atoms with Gasteiger partial charge in [0.2, 0.25) is 100 Å². The number of carbonyl (C=O) groups excluding carboxylic acids is 17. The third-order valence-corrected chi connectivity index (χ3v) is 21.8. The van der Waals surface area contributed by atoms with E-state index in [0.29, 0.717) is 82.9 Å². The van der Waals surface area contributed by atoms with E-state index >= 15 is 0 Å². The van der Waals surface area contributed by atoms with Gasteiger partial charge >= 0.3 is 5.97 Å². The van der Waals surface area contributed by atoms with E-state index in [2.05, 4.69) is 95.1 Å². The van der Waals surface area contributed by atoms with Crippen molar-refractivity contribution < 1.29 is 91.4 Å². The molecule has 1 heterocycles. The third kappa shape index (κ3) is 35.5. The Morgan fingerprint density at radius 2 is 0.847 bits per heavy atom. The molecule has 3 saturated carbocycles. The first kappa shape index (κ1) is 103. The minimum absolute atomic E-state index is 0.00301. The summed E-state index contributed by atoms with van der Waals surface area (Å²) in [6, 6.07) is -8.30. The Bertz CT molecular complexity index is 3940. The van der Waals surface area contributed by atoms with Gasteiger partial charge in [0, 0.05) is 57.6 Å². The van der Waals surface area contributed by atoms with Crippen molar-refractivity contribution in [2.45, 2.75) is 268 Å². The molecule has 4 fully saturated rings. The lowest BCUT2D eigenvalue weighted by Crippen LogP contribution is -2.59. The van der Waals surface area contributed by atoms with Gasteiger partial charge in [-0.3, -0.25) is 96.3 Å². The maximum Gasteiger partial charge on any atom is 0.305 e. The van der Waals surface area contributed by atoms with Crippen molar-refractivity contribution in [1.29, 1.82) is 0 Å². The molecule has 31 N–H and O–H groups in total. The molecule has 18 atom stereocenters. The number of benzene rings is 1. The number of aliphatic imine (C=N–C) groups is 2. The molecule has 690 valence electrons. The lowest BCUT2D eigenvalue weighted by Gasteiger charge is -2.29. The fourth-order valence-electron chi connectivity index (χ4n) is 15.4. The molecule has 5 rings (SSSR count). The molecular weight excluding hydrogens is 1620 g/mol. The SMILES string of the molecule is CC(=O)N[C@H]1CNC[C@@H]1C(=O)N[C@@H](C)C(=O)N[C@H]1CCC[C@@H]1C(=O)N[C@@H](CCCN=C(N)N)C(=O)N[C@H]1CCC[C@@H]1C(=O)N[C@@H](CC(C)C)C(=O)N[C@H]1CCC[C@@H]1C(=O)N[C@@H](CCCCN)C(=O)N[C@@H](CC(C)C)C(=O)NCC(=O)N[C@@H](CC(=O)O)C(=O)N[C@@H](C)C(=O)N[C@@H](Cc1ccccc1)C(=O)N[C@@H](CC(N)=O)C(=O)N[C@@H](CCCN=C(N)N)C(N)=O. The molecule has 4 aliphatic rings. The van der Waals surface area contributed by atoms with Crippen molar-refractivity contribution in [2.75, 3.05) is 39.3 Å². The van der Waals surface area contributed by atoms with Crippen molar-refractivity contribution >= 4 is 118 Å². The normalized spacial score (nSPS) is 20.7. The molecule has 124 heavy (non-hydrogen) atoms. The summed E-state index contributed by atoms with van der Waals surface area (Å²) in [5.41, 5.74) is 39.2. The lowest BCUT2D eigenvalue weighted by molar-refractivity contribution is -0.141. The van der Waals surface area contributed by atoms with Gasteiger partial charge in [-0.15, -0.1) is 0 Å². The maximum atomic E-state index is 14.5. The molecule has 0 radical (unpaired) electrons. The average molecular weight is 1750 g/mol. The van der Waals surface area contributed by atoms with E-state index in [4.69, 9.17) is 40.1 Å². The highest BCUT2D eigenvalue weighted by molar-refractivity contribution is 6.00. The van der Waals surface area contributed by atoms with Crippen LogP contribution in [0.5, 0.6) is 0 Å². The van der Waals surface area contributed by atoms with E-state index in [0.717, 1.165) is 0 Å². The number of nitrogens with one attached hydrogen (secondary N) is 16. The summed E-state index contributed by atoms with van der Waals surface area (Å²) >= 11 is 0. The number of hydrogen-bond donors (Lipinski definition) is 24. The molecule has 1 aromatic carbocycles. The Labute approximate surface area is 720 Å². The van der Waals surface area contributed by atoms with E-state index in [1.807, 2.05) is 13.8 Å². The number of carbonyl (C=O) groups is 18. The summed E-state index contributed by atoms with van der Waals surface area (Å²) in [4.78, 5) is 252. The van der Waals surface area contributed by atoms with E-state index in [1.54, 1.807) is 44.2 Å². The second-order valence-electron chi connectivity index (χ2n) is 33.1. The maximum absolute atomic E-state index is 14.5. The second-order valence-corrected chi connectivity index (χ2v) is 33.1. The molecule has 1 aromatic rings. The number of carboxylic acid groups (broad SMARTS) is 1. The minimum Gasteiger partial charge on any atom is -0.481 e. The van der Waals surface area contributed by atoms with Crippen LogP contribution >= 0.6 is 0 Å². The quantitative estimate of drug-likeness (QED) is 0.0164. The molecule has 1 saturated heterocycles. The van der Waals surface area contributed by atoms with Crippen molar-refractivity contribution in [1.82, 2.24) is 85.1 Å². The zero-order valence-electron chi connectivity index (χ0n) is 71.8. The van der Waals surface area contributed by atoms with E-state index in [9.17, 15) is 91.4 Å². The number of amides is 17. The van der Waals surface area contributed by atoms with Crippen LogP contribution in [0.1, 0.15) is 182 Å². The highest BCUT2D eigenvalue weighted by Gasteiger charge is 2.44. The van der Waals surface area contributed by atoms with Gasteiger partial charge in [-0.25, -0.2) is 0 Å². The van der Waals surface area contributed by atoms with Crippen molar-refractivity contribution in [3.05, 3.63) is 35.9 Å². The standard InChI is InChI=1S/C80H131N25O19/c1-40(2)32-56(72(118)91-39-63(108)95-60(36-64(109)110)75(121)93-43(6)67(113)102-58(34-45-18-9-8-10-19-45)77(123)105-59(35-62(82)107)78(124)99-53(65(83)111)27-16-30-89-79(84)85)104-74(120)54(23-11-12-29-81)100-69(115)47-21-14-26-52(47)98-76(122)57(33-41(3)4)103-70(116)48-22-15-25-51(48)97-73(119)55(28-17-31-90-80(86)87)101-68(114)46-20-13-24-50(46)96-66(112)42(5)92-71(117)49-37-88-38-61(49)94-44(7)106/h8-10,18-19,40-43,46-61,88H,11-17,20-39,81H2,1-7H3,(H2,82,107)(H2,83,111)(H,91,118)(H,92,117)(H,93,121)(H,94,106)(H,95,108)(H,96,112)(H,97,119)(H,98,122)(H,99,124)(H,100,115)(H,101,114)(H,102,113)(H,103,116)(H,104,120)(H,105,123)(H,109,110)(H4,84,85,89)(H4,86,87,90)/t42-,43-,46-,47-,48-,49-,50-,51-,52-,53-,54-,55-,56-,57-,58-,59-,60-,61-/m0/s1. The summed E-state index contributed by atoms with van der Waals surface area (Å²) in [5.74, 6) is -18.5. The Balaban J connectivity index is 1.20. The van der Waals surface area contributed by atoms with Crippen LogP contribution in [-0.2, 0) is 92.7 Å². The first-order valence-electron chi connectivity index (χ1n) is 42.5. The fourth-order valence-corrected chi connectivity index (χ4v) is 15.4. The highest BCUT2D eigenvalue weighted by Crippen LogP contribution is 2.30. The molecule has 44 nitrogen and oxygen atoms in total. The Morgan fingerprint density at radius 1 is 0.419 bits per heavy atom. The van der Waals surface area contributed by atoms with E-state index < -0.39 is 228 Å². The zero-order valence-corrected chi connectivity index (χ0v) is 71.8. The van der Waals surface area contributed by atoms with Gasteiger partial charge < -0.3 is 130 Å². The number of guanidine groups is 2. The van der Waals surface area contributed by atoms with Crippen molar-refractivity contribution in [2.24, 2.45) is 85.6 Å². The Hall–Kier alpha value is -11.9. The van der Waals surface area contributed by atoms with Gasteiger partial charge in [-0.1, -0.05) is 77.3 Å². The smallest absolute Gasteiger partial charge is 0.305 e. The number of nitrogens with two attached hydrogens (primary N) is 7. The minimum atomic E-state index is -1.88. The molecule has 3 aliphatic carbocycles. The number of nitrogens with zero attached hydrogens (tertiary/aromatic N) is 2. The number of unbranched alkanes of at least 4 members (excludes halogenated alkanes) is 1. The first-order chi connectivity index (χ1) is 58.6. The van der Waals surface area contributed by atoms with Crippen LogP contribution in [0.2, 0.25) is 0 Å². The molecular formula is C80H131N25O19. The summed E-state index contributed by atoms with van der Waals surface area (Å²) in [6.45, 7) is 11.5. The molecule has 0 bridgehead atoms.